The van der Waals surface area contributed by atoms with Crippen LogP contribution in [0.25, 0.3) is 0 Å². The van der Waals surface area contributed by atoms with Crippen LogP contribution in [0.3, 0.4) is 0 Å². The first-order chi connectivity index (χ1) is 9.33. The number of hydrogen-bond acceptors (Lipinski definition) is 3. The Hall–Kier alpha value is -1.55. The van der Waals surface area contributed by atoms with Crippen LogP contribution < -0.4 is 10.1 Å². The molecule has 0 bridgehead atoms. The monoisotopic (exact) mass is 261 g/mol. The van der Waals surface area contributed by atoms with Gasteiger partial charge in [-0.25, -0.2) is 0 Å². The Morgan fingerprint density at radius 2 is 2.05 bits per heavy atom. The number of benzene rings is 1. The van der Waals surface area contributed by atoms with Crippen molar-refractivity contribution in [1.82, 2.24) is 5.32 Å². The first kappa shape index (κ1) is 12.5. The number of nitrogens with one attached hydrogen (secondary N) is 1. The highest BCUT2D eigenvalue weighted by atomic mass is 16.6. The second-order valence-electron chi connectivity index (χ2n) is 5.17. The van der Waals surface area contributed by atoms with Gasteiger partial charge in [-0.2, -0.15) is 0 Å². The van der Waals surface area contributed by atoms with Crippen molar-refractivity contribution in [3.8, 4) is 5.75 Å². The topological polar surface area (TPSA) is 50.9 Å². The summed E-state index contributed by atoms with van der Waals surface area (Å²) in [6, 6.07) is 7.92. The summed E-state index contributed by atoms with van der Waals surface area (Å²) in [6.07, 6.45) is 4.88. The van der Waals surface area contributed by atoms with Gasteiger partial charge in [0.25, 0.3) is 5.91 Å². The van der Waals surface area contributed by atoms with Crippen molar-refractivity contribution in [2.24, 2.45) is 0 Å². The van der Waals surface area contributed by atoms with Crippen LogP contribution in [0.4, 0.5) is 0 Å². The summed E-state index contributed by atoms with van der Waals surface area (Å²) >= 11 is 0. The lowest BCUT2D eigenvalue weighted by Crippen LogP contribution is -2.27. The van der Waals surface area contributed by atoms with Gasteiger partial charge in [-0.05, 0) is 31.7 Å². The van der Waals surface area contributed by atoms with E-state index >= 15 is 0 Å². The van der Waals surface area contributed by atoms with Gasteiger partial charge < -0.3 is 14.8 Å². The molecule has 0 aromatic heterocycles. The highest BCUT2D eigenvalue weighted by Gasteiger charge is 2.31. The first-order valence-corrected chi connectivity index (χ1v) is 6.97. The van der Waals surface area contributed by atoms with Gasteiger partial charge in [0, 0.05) is 12.1 Å². The molecule has 0 radical (unpaired) electrons. The largest absolute Gasteiger partial charge is 0.490 e. The van der Waals surface area contributed by atoms with Crippen molar-refractivity contribution >= 4 is 5.91 Å². The fourth-order valence-corrected chi connectivity index (χ4v) is 2.45. The molecule has 1 atom stereocenters. The third-order valence-electron chi connectivity index (χ3n) is 3.65. The fraction of sp³-hybridized carbons (Fsp3) is 0.533. The molecule has 1 saturated carbocycles. The second kappa shape index (κ2) is 5.61. The van der Waals surface area contributed by atoms with Gasteiger partial charge >= 0.3 is 0 Å². The third-order valence-corrected chi connectivity index (χ3v) is 3.65. The Morgan fingerprint density at radius 3 is 2.79 bits per heavy atom. The molecule has 1 aliphatic carbocycles. The maximum Gasteiger partial charge on any atom is 0.251 e. The van der Waals surface area contributed by atoms with Crippen molar-refractivity contribution in [1.29, 1.82) is 0 Å². The molecule has 1 unspecified atom stereocenters. The van der Waals surface area contributed by atoms with E-state index in [0.29, 0.717) is 19.3 Å². The molecule has 1 heterocycles. The van der Waals surface area contributed by atoms with E-state index in [2.05, 4.69) is 5.32 Å². The zero-order valence-electron chi connectivity index (χ0n) is 10.9. The highest BCUT2D eigenvalue weighted by Crippen LogP contribution is 2.26. The van der Waals surface area contributed by atoms with E-state index in [1.165, 1.54) is 12.8 Å². The van der Waals surface area contributed by atoms with E-state index in [-0.39, 0.29) is 12.0 Å². The molecule has 0 spiro atoms. The van der Waals surface area contributed by atoms with Crippen LogP contribution in [0, 0.1) is 0 Å². The lowest BCUT2D eigenvalue weighted by molar-refractivity contribution is -0.122. The maximum atomic E-state index is 11.6. The minimum Gasteiger partial charge on any atom is -0.490 e. The van der Waals surface area contributed by atoms with Gasteiger partial charge in [0.05, 0.1) is 12.7 Å². The SMILES string of the molecule is O=C(NCc1ccccc1OC1CCCC1)C1CO1. The van der Waals surface area contributed by atoms with Crippen LogP contribution in [0.2, 0.25) is 0 Å². The molecule has 1 N–H and O–H groups in total. The highest BCUT2D eigenvalue weighted by molar-refractivity contribution is 5.82. The normalized spacial score (nSPS) is 22.2. The minimum absolute atomic E-state index is 0.0318. The summed E-state index contributed by atoms with van der Waals surface area (Å²) in [5.74, 6) is 0.863. The quantitative estimate of drug-likeness (QED) is 0.825. The zero-order valence-corrected chi connectivity index (χ0v) is 10.9. The van der Waals surface area contributed by atoms with Crippen molar-refractivity contribution in [3.05, 3.63) is 29.8 Å². The number of rotatable bonds is 5. The van der Waals surface area contributed by atoms with Crippen LogP contribution in [-0.2, 0) is 16.1 Å². The van der Waals surface area contributed by atoms with Crippen LogP contribution in [0.1, 0.15) is 31.2 Å². The number of carbonyl (C=O) groups is 1. The lowest BCUT2D eigenvalue weighted by Gasteiger charge is -2.16. The molecule has 1 saturated heterocycles. The molecule has 1 aromatic rings. The lowest BCUT2D eigenvalue weighted by atomic mass is 10.2. The van der Waals surface area contributed by atoms with Gasteiger partial charge in [-0.15, -0.1) is 0 Å². The van der Waals surface area contributed by atoms with E-state index in [0.717, 1.165) is 24.2 Å². The number of carbonyl (C=O) groups excluding carboxylic acids is 1. The van der Waals surface area contributed by atoms with Gasteiger partial charge in [0.2, 0.25) is 0 Å². The number of hydrogen-bond donors (Lipinski definition) is 1. The summed E-state index contributed by atoms with van der Waals surface area (Å²) < 4.78 is 11.0. The standard InChI is InChI=1S/C15H19NO3/c17-15(14-10-18-14)16-9-11-5-1-4-8-13(11)19-12-6-2-3-7-12/h1,4-5,8,12,14H,2-3,6-7,9-10H2,(H,16,17). The molecule has 1 aliphatic heterocycles. The molecule has 4 heteroatoms. The van der Waals surface area contributed by atoms with E-state index in [1.807, 2.05) is 24.3 Å². The third kappa shape index (κ3) is 3.26. The average molecular weight is 261 g/mol. The van der Waals surface area contributed by atoms with Crippen molar-refractivity contribution < 1.29 is 14.3 Å². The van der Waals surface area contributed by atoms with Crippen LogP contribution in [-0.4, -0.2) is 24.7 Å². The van der Waals surface area contributed by atoms with E-state index in [4.69, 9.17) is 9.47 Å². The van der Waals surface area contributed by atoms with Crippen LogP contribution in [0.5, 0.6) is 5.75 Å². The molecule has 19 heavy (non-hydrogen) atoms. The van der Waals surface area contributed by atoms with Gasteiger partial charge in [-0.3, -0.25) is 4.79 Å². The molecular formula is C15H19NO3. The maximum absolute atomic E-state index is 11.6. The molecule has 102 valence electrons. The number of amides is 1. The molecule has 1 amide bonds. The Labute approximate surface area is 113 Å². The average Bonchev–Trinajstić information content (AvgIpc) is 3.16. The Kier molecular flexibility index (Phi) is 3.69. The summed E-state index contributed by atoms with van der Waals surface area (Å²) in [6.45, 7) is 1.05. The predicted molar refractivity (Wildman–Crippen MR) is 70.9 cm³/mol. The number of epoxide rings is 1. The van der Waals surface area contributed by atoms with E-state index < -0.39 is 0 Å². The minimum atomic E-state index is -0.233. The summed E-state index contributed by atoms with van der Waals surface area (Å²) in [4.78, 5) is 11.6. The van der Waals surface area contributed by atoms with E-state index in [9.17, 15) is 4.79 Å². The Morgan fingerprint density at radius 1 is 1.32 bits per heavy atom. The predicted octanol–water partition coefficient (Wildman–Crippen LogP) is 2.02. The Bertz CT molecular complexity index is 450. The number of para-hydroxylation sites is 1. The first-order valence-electron chi connectivity index (χ1n) is 6.97. The van der Waals surface area contributed by atoms with Crippen molar-refractivity contribution in [2.45, 2.75) is 44.4 Å². The number of ether oxygens (including phenoxy) is 2. The smallest absolute Gasteiger partial charge is 0.251 e. The zero-order chi connectivity index (χ0) is 13.1. The molecule has 2 aliphatic rings. The molecular weight excluding hydrogens is 242 g/mol. The van der Waals surface area contributed by atoms with Crippen molar-refractivity contribution in [2.75, 3.05) is 6.61 Å². The summed E-state index contributed by atoms with van der Waals surface area (Å²) in [5.41, 5.74) is 1.03. The van der Waals surface area contributed by atoms with Gasteiger partial charge in [0.1, 0.15) is 5.75 Å². The van der Waals surface area contributed by atoms with Gasteiger partial charge in [0.15, 0.2) is 6.10 Å². The van der Waals surface area contributed by atoms with E-state index in [1.54, 1.807) is 0 Å². The van der Waals surface area contributed by atoms with Crippen LogP contribution in [0.15, 0.2) is 24.3 Å². The van der Waals surface area contributed by atoms with Gasteiger partial charge in [-0.1, -0.05) is 18.2 Å². The molecule has 1 aromatic carbocycles. The second-order valence-corrected chi connectivity index (χ2v) is 5.17. The summed E-state index contributed by atoms with van der Waals surface area (Å²) in [5, 5.41) is 2.88. The van der Waals surface area contributed by atoms with Crippen LogP contribution >= 0.6 is 0 Å². The van der Waals surface area contributed by atoms with Crippen molar-refractivity contribution in [3.63, 3.8) is 0 Å². The molecule has 3 rings (SSSR count). The molecule has 2 fully saturated rings. The summed E-state index contributed by atoms with van der Waals surface area (Å²) in [7, 11) is 0. The fourth-order valence-electron chi connectivity index (χ4n) is 2.45. The molecule has 4 nitrogen and oxygen atoms in total. The Balaban J connectivity index is 1.60.